The molecular weight excluding hydrogens is 234 g/mol. The number of fused-ring (bicyclic) bond motifs is 1. The molecule has 0 radical (unpaired) electrons. The molecular formula is C13H15NO4. The molecule has 5 nitrogen and oxygen atoms in total. The van der Waals surface area contributed by atoms with Crippen LogP contribution in [0.15, 0.2) is 18.2 Å². The van der Waals surface area contributed by atoms with Crippen LogP contribution in [0.4, 0.5) is 5.69 Å². The standard InChI is InChI=1S/C13H15NO4/c1-17-12(15)9-4-3-8-5-6-10(13(16)18-2)14-11(8)7-9/h3-4,7,10,14H,5-6H2,1-2H3. The molecule has 5 heteroatoms. The molecule has 96 valence electrons. The molecule has 2 rings (SSSR count). The van der Waals surface area contributed by atoms with E-state index >= 15 is 0 Å². The Kier molecular flexibility index (Phi) is 3.50. The predicted octanol–water partition coefficient (Wildman–Crippen LogP) is 1.37. The SMILES string of the molecule is COC(=O)c1ccc2c(c1)NC(C(=O)OC)CC2. The normalized spacial score (nSPS) is 17.3. The van der Waals surface area contributed by atoms with Crippen molar-refractivity contribution < 1.29 is 19.1 Å². The number of nitrogens with one attached hydrogen (secondary N) is 1. The fourth-order valence-corrected chi connectivity index (χ4v) is 2.05. The summed E-state index contributed by atoms with van der Waals surface area (Å²) in [4.78, 5) is 22.9. The Morgan fingerprint density at radius 1 is 1.28 bits per heavy atom. The van der Waals surface area contributed by atoms with Gasteiger partial charge in [0.1, 0.15) is 6.04 Å². The Balaban J connectivity index is 2.24. The quantitative estimate of drug-likeness (QED) is 0.802. The van der Waals surface area contributed by atoms with Gasteiger partial charge >= 0.3 is 11.9 Å². The average Bonchev–Trinajstić information content (AvgIpc) is 2.44. The summed E-state index contributed by atoms with van der Waals surface area (Å²) in [7, 11) is 2.71. The van der Waals surface area contributed by atoms with Crippen molar-refractivity contribution in [2.75, 3.05) is 19.5 Å². The van der Waals surface area contributed by atoms with E-state index < -0.39 is 0 Å². The second-order valence-electron chi connectivity index (χ2n) is 4.12. The van der Waals surface area contributed by atoms with Crippen molar-refractivity contribution in [1.82, 2.24) is 0 Å². The summed E-state index contributed by atoms with van der Waals surface area (Å²) in [5, 5.41) is 3.08. The van der Waals surface area contributed by atoms with Crippen LogP contribution in [0, 0.1) is 0 Å². The van der Waals surface area contributed by atoms with Gasteiger partial charge in [0.25, 0.3) is 0 Å². The number of carbonyl (C=O) groups excluding carboxylic acids is 2. The van der Waals surface area contributed by atoms with Crippen LogP contribution in [-0.4, -0.2) is 32.2 Å². The molecule has 0 spiro atoms. The second-order valence-corrected chi connectivity index (χ2v) is 4.12. The molecule has 0 aliphatic carbocycles. The lowest BCUT2D eigenvalue weighted by Crippen LogP contribution is -2.34. The van der Waals surface area contributed by atoms with Gasteiger partial charge in [0.15, 0.2) is 0 Å². The monoisotopic (exact) mass is 249 g/mol. The van der Waals surface area contributed by atoms with E-state index in [0.29, 0.717) is 12.0 Å². The lowest BCUT2D eigenvalue weighted by Gasteiger charge is -2.25. The van der Waals surface area contributed by atoms with E-state index in [9.17, 15) is 9.59 Å². The van der Waals surface area contributed by atoms with Crippen LogP contribution in [-0.2, 0) is 20.7 Å². The molecule has 1 heterocycles. The minimum atomic E-state index is -0.389. The highest BCUT2D eigenvalue weighted by molar-refractivity contribution is 5.91. The zero-order chi connectivity index (χ0) is 13.1. The van der Waals surface area contributed by atoms with E-state index in [0.717, 1.165) is 17.7 Å². The molecule has 0 saturated carbocycles. The van der Waals surface area contributed by atoms with Gasteiger partial charge in [-0.05, 0) is 30.5 Å². The van der Waals surface area contributed by atoms with Gasteiger partial charge in [-0.1, -0.05) is 6.07 Å². The van der Waals surface area contributed by atoms with E-state index in [1.54, 1.807) is 12.1 Å². The van der Waals surface area contributed by atoms with Gasteiger partial charge in [-0.2, -0.15) is 0 Å². The summed E-state index contributed by atoms with van der Waals surface area (Å²) >= 11 is 0. The summed E-state index contributed by atoms with van der Waals surface area (Å²) in [6.45, 7) is 0. The molecule has 0 aromatic heterocycles. The lowest BCUT2D eigenvalue weighted by atomic mass is 9.96. The van der Waals surface area contributed by atoms with Gasteiger partial charge in [0.2, 0.25) is 0 Å². The Bertz CT molecular complexity index is 484. The number of rotatable bonds is 2. The zero-order valence-corrected chi connectivity index (χ0v) is 10.4. The van der Waals surface area contributed by atoms with E-state index in [1.807, 2.05) is 6.07 Å². The summed E-state index contributed by atoms with van der Waals surface area (Å²) in [6, 6.07) is 4.96. The third-order valence-electron chi connectivity index (χ3n) is 3.05. The molecule has 1 N–H and O–H groups in total. The van der Waals surface area contributed by atoms with Crippen LogP contribution in [0.1, 0.15) is 22.3 Å². The number of benzene rings is 1. The van der Waals surface area contributed by atoms with Gasteiger partial charge in [-0.25, -0.2) is 9.59 Å². The first kappa shape index (κ1) is 12.4. The predicted molar refractivity (Wildman–Crippen MR) is 65.5 cm³/mol. The van der Waals surface area contributed by atoms with Crippen LogP contribution in [0.2, 0.25) is 0 Å². The minimum absolute atomic E-state index is 0.288. The summed E-state index contributed by atoms with van der Waals surface area (Å²) < 4.78 is 9.37. The molecule has 1 aromatic rings. The van der Waals surface area contributed by atoms with E-state index in [1.165, 1.54) is 14.2 Å². The first-order valence-electron chi connectivity index (χ1n) is 5.71. The van der Waals surface area contributed by atoms with Gasteiger partial charge < -0.3 is 14.8 Å². The van der Waals surface area contributed by atoms with Gasteiger partial charge in [-0.3, -0.25) is 0 Å². The molecule has 0 fully saturated rings. The van der Waals surface area contributed by atoms with Crippen molar-refractivity contribution in [1.29, 1.82) is 0 Å². The molecule has 1 atom stereocenters. The van der Waals surface area contributed by atoms with Crippen molar-refractivity contribution in [3.05, 3.63) is 29.3 Å². The number of carbonyl (C=O) groups is 2. The van der Waals surface area contributed by atoms with Crippen LogP contribution in [0.5, 0.6) is 0 Å². The molecule has 0 saturated heterocycles. The van der Waals surface area contributed by atoms with E-state index in [4.69, 9.17) is 4.74 Å². The fourth-order valence-electron chi connectivity index (χ4n) is 2.05. The topological polar surface area (TPSA) is 64.6 Å². The van der Waals surface area contributed by atoms with Crippen molar-refractivity contribution in [2.45, 2.75) is 18.9 Å². The Morgan fingerprint density at radius 3 is 2.72 bits per heavy atom. The third kappa shape index (κ3) is 2.30. The second kappa shape index (κ2) is 5.08. The van der Waals surface area contributed by atoms with Crippen molar-refractivity contribution in [3.8, 4) is 0 Å². The zero-order valence-electron chi connectivity index (χ0n) is 10.4. The highest BCUT2D eigenvalue weighted by Crippen LogP contribution is 2.26. The molecule has 0 amide bonds. The van der Waals surface area contributed by atoms with Crippen molar-refractivity contribution in [2.24, 2.45) is 0 Å². The van der Waals surface area contributed by atoms with E-state index in [2.05, 4.69) is 10.1 Å². The molecule has 0 bridgehead atoms. The minimum Gasteiger partial charge on any atom is -0.467 e. The first-order valence-corrected chi connectivity index (χ1v) is 5.71. The summed E-state index contributed by atoms with van der Waals surface area (Å²) in [5.41, 5.74) is 2.34. The maximum atomic E-state index is 11.5. The van der Waals surface area contributed by atoms with Crippen LogP contribution >= 0.6 is 0 Å². The lowest BCUT2D eigenvalue weighted by molar-refractivity contribution is -0.141. The molecule has 18 heavy (non-hydrogen) atoms. The number of hydrogen-bond acceptors (Lipinski definition) is 5. The smallest absolute Gasteiger partial charge is 0.337 e. The van der Waals surface area contributed by atoms with Crippen LogP contribution < -0.4 is 5.32 Å². The Labute approximate surface area is 105 Å². The third-order valence-corrected chi connectivity index (χ3v) is 3.05. The first-order chi connectivity index (χ1) is 8.65. The van der Waals surface area contributed by atoms with Crippen molar-refractivity contribution in [3.63, 3.8) is 0 Å². The van der Waals surface area contributed by atoms with E-state index in [-0.39, 0.29) is 18.0 Å². The highest BCUT2D eigenvalue weighted by Gasteiger charge is 2.25. The number of esters is 2. The van der Waals surface area contributed by atoms with Gasteiger partial charge in [0.05, 0.1) is 19.8 Å². The molecule has 1 aliphatic heterocycles. The number of aryl methyl sites for hydroxylation is 1. The fraction of sp³-hybridized carbons (Fsp3) is 0.385. The maximum Gasteiger partial charge on any atom is 0.337 e. The van der Waals surface area contributed by atoms with Crippen LogP contribution in [0.25, 0.3) is 0 Å². The van der Waals surface area contributed by atoms with Gasteiger partial charge in [0, 0.05) is 5.69 Å². The molecule has 1 unspecified atom stereocenters. The van der Waals surface area contributed by atoms with Crippen molar-refractivity contribution >= 4 is 17.6 Å². The largest absolute Gasteiger partial charge is 0.467 e. The van der Waals surface area contributed by atoms with Crippen LogP contribution in [0.3, 0.4) is 0 Å². The number of methoxy groups -OCH3 is 2. The molecule has 1 aromatic carbocycles. The Hall–Kier alpha value is -2.04. The summed E-state index contributed by atoms with van der Waals surface area (Å²) in [5.74, 6) is -0.677. The average molecular weight is 249 g/mol. The number of ether oxygens (including phenoxy) is 2. The maximum absolute atomic E-state index is 11.5. The number of anilines is 1. The van der Waals surface area contributed by atoms with Gasteiger partial charge in [-0.15, -0.1) is 0 Å². The Morgan fingerprint density at radius 2 is 2.06 bits per heavy atom. The highest BCUT2D eigenvalue weighted by atomic mass is 16.5. The number of hydrogen-bond donors (Lipinski definition) is 1. The molecule has 1 aliphatic rings. The summed E-state index contributed by atoms with van der Waals surface area (Å²) in [6.07, 6.45) is 1.47.